The molecule has 4 heteroatoms. The van der Waals surface area contributed by atoms with Gasteiger partial charge in [-0.2, -0.15) is 0 Å². The van der Waals surface area contributed by atoms with Crippen molar-refractivity contribution in [3.05, 3.63) is 0 Å². The van der Waals surface area contributed by atoms with Crippen LogP contribution in [0.4, 0.5) is 0 Å². The van der Waals surface area contributed by atoms with Gasteiger partial charge in [0.1, 0.15) is 0 Å². The van der Waals surface area contributed by atoms with Gasteiger partial charge >= 0.3 is 0 Å². The van der Waals surface area contributed by atoms with E-state index in [0.29, 0.717) is 13.1 Å². The highest BCUT2D eigenvalue weighted by Gasteiger charge is 2.19. The first-order valence-electron chi connectivity index (χ1n) is 6.37. The molecule has 0 aliphatic rings. The van der Waals surface area contributed by atoms with E-state index in [1.807, 2.05) is 34.6 Å². The van der Waals surface area contributed by atoms with Gasteiger partial charge in [-0.15, -0.1) is 0 Å². The Morgan fingerprint density at radius 1 is 0.941 bits per heavy atom. The van der Waals surface area contributed by atoms with E-state index < -0.39 is 0 Å². The zero-order valence-electron chi connectivity index (χ0n) is 12.1. The molecule has 0 heterocycles. The Kier molecular flexibility index (Phi) is 10.9. The monoisotopic (exact) mass is 244 g/mol. The molecule has 0 saturated carbocycles. The normalized spacial score (nSPS) is 10.0. The third-order valence-corrected chi connectivity index (χ3v) is 1.94. The molecule has 0 rings (SSSR count). The van der Waals surface area contributed by atoms with E-state index in [0.717, 1.165) is 12.8 Å². The fourth-order valence-electron chi connectivity index (χ4n) is 0.982. The summed E-state index contributed by atoms with van der Waals surface area (Å²) < 4.78 is 0. The molecule has 102 valence electrons. The van der Waals surface area contributed by atoms with Crippen LogP contribution in [0.25, 0.3) is 0 Å². The Bertz CT molecular complexity index is 220. The van der Waals surface area contributed by atoms with Crippen molar-refractivity contribution >= 4 is 11.8 Å². The van der Waals surface area contributed by atoms with Gasteiger partial charge in [0.25, 0.3) is 0 Å². The van der Waals surface area contributed by atoms with Gasteiger partial charge in [0.2, 0.25) is 11.8 Å². The minimum atomic E-state index is -0.322. The van der Waals surface area contributed by atoms with Crippen molar-refractivity contribution in [3.8, 4) is 0 Å². The van der Waals surface area contributed by atoms with Gasteiger partial charge in [-0.25, -0.2) is 0 Å². The second-order valence-electron chi connectivity index (χ2n) is 4.70. The summed E-state index contributed by atoms with van der Waals surface area (Å²) in [5.41, 5.74) is -0.322. The molecule has 0 spiro atoms. The average molecular weight is 244 g/mol. The molecule has 0 atom stereocenters. The van der Waals surface area contributed by atoms with Crippen LogP contribution in [0.1, 0.15) is 54.4 Å². The van der Waals surface area contributed by atoms with Crippen molar-refractivity contribution in [1.82, 2.24) is 10.6 Å². The summed E-state index contributed by atoms with van der Waals surface area (Å²) >= 11 is 0. The number of carbonyl (C=O) groups excluding carboxylic acids is 2. The van der Waals surface area contributed by atoms with Crippen molar-refractivity contribution < 1.29 is 9.59 Å². The lowest BCUT2D eigenvalue weighted by Gasteiger charge is -2.17. The van der Waals surface area contributed by atoms with Gasteiger partial charge < -0.3 is 10.6 Å². The molecule has 0 aromatic carbocycles. The molecule has 0 aliphatic heterocycles. The lowest BCUT2D eigenvalue weighted by atomic mass is 9.96. The Labute approximate surface area is 106 Å². The average Bonchev–Trinajstić information content (AvgIpc) is 2.24. The number of nitrogens with one attached hydrogen (secondary N) is 2. The summed E-state index contributed by atoms with van der Waals surface area (Å²) in [4.78, 5) is 22.0. The van der Waals surface area contributed by atoms with Gasteiger partial charge in [-0.1, -0.05) is 34.6 Å². The topological polar surface area (TPSA) is 58.2 Å². The maximum atomic E-state index is 11.4. The molecule has 4 nitrogen and oxygen atoms in total. The number of unbranched alkanes of at least 4 members (excludes halogenated alkanes) is 1. The Balaban J connectivity index is 0. The van der Waals surface area contributed by atoms with E-state index in [2.05, 4.69) is 10.6 Å². The standard InChI is InChI=1S/C11H22N2O2.C2H6/c1-9(14)12-7-5-6-8-13-10(15)11(2,3)4;1-2/h5-8H2,1-4H3,(H,12,14)(H,13,15);1-2H3. The zero-order chi connectivity index (χ0) is 13.9. The Morgan fingerprint density at radius 3 is 1.71 bits per heavy atom. The summed E-state index contributed by atoms with van der Waals surface area (Å²) in [5.74, 6) is 0.0655. The van der Waals surface area contributed by atoms with Gasteiger partial charge in [0.15, 0.2) is 0 Å². The zero-order valence-corrected chi connectivity index (χ0v) is 12.1. The molecule has 0 fully saturated rings. The van der Waals surface area contributed by atoms with Crippen molar-refractivity contribution in [2.45, 2.75) is 54.4 Å². The van der Waals surface area contributed by atoms with Gasteiger partial charge in [-0.05, 0) is 12.8 Å². The Hall–Kier alpha value is -1.06. The fourth-order valence-corrected chi connectivity index (χ4v) is 0.982. The van der Waals surface area contributed by atoms with Gasteiger partial charge in [-0.3, -0.25) is 9.59 Å². The first kappa shape index (κ1) is 18.3. The maximum absolute atomic E-state index is 11.4. The molecule has 0 aromatic rings. The predicted molar refractivity (Wildman–Crippen MR) is 71.7 cm³/mol. The van der Waals surface area contributed by atoms with Crippen LogP contribution in [-0.4, -0.2) is 24.9 Å². The van der Waals surface area contributed by atoms with Crippen LogP contribution in [0.3, 0.4) is 0 Å². The van der Waals surface area contributed by atoms with E-state index in [1.165, 1.54) is 6.92 Å². The molecule has 0 saturated heterocycles. The summed E-state index contributed by atoms with van der Waals surface area (Å²) in [6.07, 6.45) is 1.78. The second-order valence-corrected chi connectivity index (χ2v) is 4.70. The quantitative estimate of drug-likeness (QED) is 0.728. The van der Waals surface area contributed by atoms with Crippen molar-refractivity contribution in [1.29, 1.82) is 0 Å². The maximum Gasteiger partial charge on any atom is 0.225 e. The predicted octanol–water partition coefficient (Wildman–Crippen LogP) is 2.09. The molecule has 2 amide bonds. The summed E-state index contributed by atoms with van der Waals surface area (Å²) in [7, 11) is 0. The first-order chi connectivity index (χ1) is 7.84. The molecule has 0 radical (unpaired) electrons. The minimum Gasteiger partial charge on any atom is -0.356 e. The van der Waals surface area contributed by atoms with Crippen molar-refractivity contribution in [2.24, 2.45) is 5.41 Å². The largest absolute Gasteiger partial charge is 0.356 e. The highest BCUT2D eigenvalue weighted by Crippen LogP contribution is 2.12. The van der Waals surface area contributed by atoms with E-state index in [-0.39, 0.29) is 17.2 Å². The summed E-state index contributed by atoms with van der Waals surface area (Å²) in [6, 6.07) is 0. The van der Waals surface area contributed by atoms with E-state index in [1.54, 1.807) is 0 Å². The fraction of sp³-hybridized carbons (Fsp3) is 0.846. The SMILES string of the molecule is CC.CC(=O)NCCCCNC(=O)C(C)(C)C. The van der Waals surface area contributed by atoms with E-state index >= 15 is 0 Å². The van der Waals surface area contributed by atoms with Crippen LogP contribution in [-0.2, 0) is 9.59 Å². The minimum absolute atomic E-state index is 0.00581. The summed E-state index contributed by atoms with van der Waals surface area (Å²) in [5, 5.41) is 5.57. The molecule has 17 heavy (non-hydrogen) atoms. The number of rotatable bonds is 5. The number of hydrogen-bond donors (Lipinski definition) is 2. The molecule has 2 N–H and O–H groups in total. The molecule has 0 aliphatic carbocycles. The number of amides is 2. The van der Waals surface area contributed by atoms with E-state index in [9.17, 15) is 9.59 Å². The Morgan fingerprint density at radius 2 is 1.35 bits per heavy atom. The third-order valence-electron chi connectivity index (χ3n) is 1.94. The van der Waals surface area contributed by atoms with Crippen LogP contribution in [0, 0.1) is 5.41 Å². The van der Waals surface area contributed by atoms with Gasteiger partial charge in [0, 0.05) is 25.4 Å². The molecular weight excluding hydrogens is 216 g/mol. The smallest absolute Gasteiger partial charge is 0.225 e. The number of hydrogen-bond acceptors (Lipinski definition) is 2. The van der Waals surface area contributed by atoms with Gasteiger partial charge in [0.05, 0.1) is 0 Å². The second kappa shape index (κ2) is 10.1. The first-order valence-corrected chi connectivity index (χ1v) is 6.37. The van der Waals surface area contributed by atoms with Crippen LogP contribution < -0.4 is 10.6 Å². The van der Waals surface area contributed by atoms with Crippen LogP contribution >= 0.6 is 0 Å². The van der Waals surface area contributed by atoms with E-state index in [4.69, 9.17) is 0 Å². The summed E-state index contributed by atoms with van der Waals surface area (Å²) in [6.45, 7) is 12.5. The van der Waals surface area contributed by atoms with Crippen LogP contribution in [0.5, 0.6) is 0 Å². The van der Waals surface area contributed by atoms with Crippen LogP contribution in [0.15, 0.2) is 0 Å². The lowest BCUT2D eigenvalue weighted by Crippen LogP contribution is -2.35. The lowest BCUT2D eigenvalue weighted by molar-refractivity contribution is -0.128. The molecule has 0 unspecified atom stereocenters. The third kappa shape index (κ3) is 12.9. The highest BCUT2D eigenvalue weighted by molar-refractivity contribution is 5.81. The highest BCUT2D eigenvalue weighted by atomic mass is 16.2. The van der Waals surface area contributed by atoms with Crippen molar-refractivity contribution in [3.63, 3.8) is 0 Å². The molecule has 0 aromatic heterocycles. The van der Waals surface area contributed by atoms with Crippen LogP contribution in [0.2, 0.25) is 0 Å². The molecular formula is C13H28N2O2. The van der Waals surface area contributed by atoms with Crippen molar-refractivity contribution in [2.75, 3.05) is 13.1 Å². The number of carbonyl (C=O) groups is 2. The molecule has 0 bridgehead atoms.